The zero-order valence-electron chi connectivity index (χ0n) is 39.8. The minimum absolute atomic E-state index is 0.891. The molecular formula is C68H46N2O2. The summed E-state index contributed by atoms with van der Waals surface area (Å²) in [6.07, 6.45) is 0. The van der Waals surface area contributed by atoms with Crippen LogP contribution in [0.2, 0.25) is 0 Å². The van der Waals surface area contributed by atoms with E-state index in [9.17, 15) is 0 Å². The highest BCUT2D eigenvalue weighted by Gasteiger charge is 2.24. The van der Waals surface area contributed by atoms with Crippen molar-refractivity contribution >= 4 is 110 Å². The van der Waals surface area contributed by atoms with Crippen LogP contribution in [-0.4, -0.2) is 0 Å². The van der Waals surface area contributed by atoms with Gasteiger partial charge >= 0.3 is 0 Å². The Kier molecular flexibility index (Phi) is 9.62. The smallest absolute Gasteiger partial charge is 0.143 e. The lowest BCUT2D eigenvalue weighted by molar-refractivity contribution is 0.669. The maximum absolute atomic E-state index is 6.59. The molecule has 0 unspecified atom stereocenters. The number of anilines is 6. The number of nitrogens with zero attached hydrogens (tertiary/aromatic N) is 2. The Balaban J connectivity index is 0.996. The van der Waals surface area contributed by atoms with E-state index in [0.717, 1.165) is 100 Å². The highest BCUT2D eigenvalue weighted by atomic mass is 16.3. The highest BCUT2D eigenvalue weighted by molar-refractivity contribution is 6.25. The third-order valence-electron chi connectivity index (χ3n) is 14.5. The Bertz CT molecular complexity index is 4150. The lowest BCUT2D eigenvalue weighted by atomic mass is 9.92. The van der Waals surface area contributed by atoms with Crippen LogP contribution in [0.4, 0.5) is 34.1 Å². The van der Waals surface area contributed by atoms with Gasteiger partial charge in [-0.05, 0) is 131 Å². The van der Waals surface area contributed by atoms with Gasteiger partial charge in [0.05, 0.1) is 11.4 Å². The summed E-state index contributed by atoms with van der Waals surface area (Å²) in [6, 6.07) is 87.6. The zero-order valence-corrected chi connectivity index (χ0v) is 39.8. The van der Waals surface area contributed by atoms with Gasteiger partial charge in [-0.15, -0.1) is 0 Å². The predicted octanol–water partition coefficient (Wildman–Crippen LogP) is 19.8. The first-order valence-electron chi connectivity index (χ1n) is 24.6. The molecule has 14 rings (SSSR count). The van der Waals surface area contributed by atoms with Gasteiger partial charge in [0.15, 0.2) is 0 Å². The fourth-order valence-electron chi connectivity index (χ4n) is 11.2. The van der Waals surface area contributed by atoms with E-state index in [1.54, 1.807) is 0 Å². The SMILES string of the molecule is Cc1ccc2c(c1)c(N(c1ccccc1)c1cccc(-c3cccc4c3oc3ccccc34)c1)cc1c3ccc(C)cc3c(N(c3ccccc3)c3cccc(-c4cccc5c4oc4ccccc45)c3)cc21. The molecule has 0 atom stereocenters. The van der Waals surface area contributed by atoms with Crippen LogP contribution < -0.4 is 9.80 Å². The summed E-state index contributed by atoms with van der Waals surface area (Å²) in [5, 5.41) is 11.5. The van der Waals surface area contributed by atoms with E-state index in [1.165, 1.54) is 43.4 Å². The maximum Gasteiger partial charge on any atom is 0.143 e. The number of benzene rings is 12. The van der Waals surface area contributed by atoms with Crippen molar-refractivity contribution in [3.63, 3.8) is 0 Å². The Morgan fingerprint density at radius 3 is 1.11 bits per heavy atom. The third-order valence-corrected chi connectivity index (χ3v) is 14.5. The molecule has 14 aromatic rings. The Hall–Kier alpha value is -9.38. The predicted molar refractivity (Wildman–Crippen MR) is 303 cm³/mol. The summed E-state index contributed by atoms with van der Waals surface area (Å²) in [6.45, 7) is 4.39. The number of hydrogen-bond donors (Lipinski definition) is 0. The number of fused-ring (bicyclic) bond motifs is 11. The van der Waals surface area contributed by atoms with Gasteiger partial charge in [0.1, 0.15) is 22.3 Å². The molecule has 0 spiro atoms. The normalized spacial score (nSPS) is 11.8. The van der Waals surface area contributed by atoms with Gasteiger partial charge in [-0.3, -0.25) is 0 Å². The number of para-hydroxylation sites is 6. The van der Waals surface area contributed by atoms with Crippen molar-refractivity contribution in [1.82, 2.24) is 0 Å². The molecule has 4 heteroatoms. The summed E-state index contributed by atoms with van der Waals surface area (Å²) in [5.74, 6) is 0. The van der Waals surface area contributed by atoms with Crippen LogP contribution in [0.1, 0.15) is 11.1 Å². The zero-order chi connectivity index (χ0) is 47.9. The summed E-state index contributed by atoms with van der Waals surface area (Å²) >= 11 is 0. The molecule has 4 nitrogen and oxygen atoms in total. The van der Waals surface area contributed by atoms with Crippen molar-refractivity contribution in [3.05, 3.63) is 254 Å². The monoisotopic (exact) mass is 922 g/mol. The lowest BCUT2D eigenvalue weighted by Crippen LogP contribution is -2.12. The summed E-state index contributed by atoms with van der Waals surface area (Å²) in [7, 11) is 0. The molecule has 0 saturated carbocycles. The molecule has 0 saturated heterocycles. The summed E-state index contributed by atoms with van der Waals surface area (Å²) in [4.78, 5) is 4.86. The molecule has 0 fully saturated rings. The lowest BCUT2D eigenvalue weighted by Gasteiger charge is -2.30. The second kappa shape index (κ2) is 16.6. The van der Waals surface area contributed by atoms with Crippen LogP contribution in [0.5, 0.6) is 0 Å². The van der Waals surface area contributed by atoms with Crippen LogP contribution >= 0.6 is 0 Å². The van der Waals surface area contributed by atoms with Gasteiger partial charge in [0.25, 0.3) is 0 Å². The van der Waals surface area contributed by atoms with Gasteiger partial charge in [-0.1, -0.05) is 169 Å². The van der Waals surface area contributed by atoms with Crippen molar-refractivity contribution in [2.45, 2.75) is 13.8 Å². The average Bonchev–Trinajstić information content (AvgIpc) is 4.01. The topological polar surface area (TPSA) is 32.8 Å². The number of hydrogen-bond acceptors (Lipinski definition) is 4. The van der Waals surface area contributed by atoms with E-state index in [2.05, 4.69) is 254 Å². The molecule has 340 valence electrons. The van der Waals surface area contributed by atoms with E-state index in [-0.39, 0.29) is 0 Å². The third kappa shape index (κ3) is 6.75. The molecule has 2 heterocycles. The van der Waals surface area contributed by atoms with Crippen LogP contribution in [0.25, 0.3) is 98.4 Å². The molecular weight excluding hydrogens is 877 g/mol. The molecule has 0 N–H and O–H groups in total. The van der Waals surface area contributed by atoms with Gasteiger partial charge in [0.2, 0.25) is 0 Å². The first kappa shape index (κ1) is 41.6. The Morgan fingerprint density at radius 2 is 0.653 bits per heavy atom. The Morgan fingerprint density at radius 1 is 0.264 bits per heavy atom. The molecule has 0 amide bonds. The molecule has 0 aliphatic heterocycles. The van der Waals surface area contributed by atoms with Gasteiger partial charge in [0, 0.05) is 66.2 Å². The van der Waals surface area contributed by atoms with Crippen LogP contribution in [0.15, 0.2) is 251 Å². The van der Waals surface area contributed by atoms with Crippen molar-refractivity contribution in [2.75, 3.05) is 9.80 Å². The van der Waals surface area contributed by atoms with Crippen LogP contribution in [0, 0.1) is 13.8 Å². The molecule has 0 radical (unpaired) electrons. The van der Waals surface area contributed by atoms with Crippen LogP contribution in [0.3, 0.4) is 0 Å². The van der Waals surface area contributed by atoms with Crippen LogP contribution in [-0.2, 0) is 0 Å². The van der Waals surface area contributed by atoms with Gasteiger partial charge < -0.3 is 18.6 Å². The second-order valence-electron chi connectivity index (χ2n) is 19.0. The van der Waals surface area contributed by atoms with Gasteiger partial charge in [-0.2, -0.15) is 0 Å². The number of furan rings is 2. The van der Waals surface area contributed by atoms with Crippen molar-refractivity contribution in [1.29, 1.82) is 0 Å². The fraction of sp³-hybridized carbons (Fsp3) is 0.0294. The molecule has 0 aliphatic rings. The number of aryl methyl sites for hydroxylation is 2. The summed E-state index contributed by atoms with van der Waals surface area (Å²) in [5.41, 5.74) is 16.7. The molecule has 0 aliphatic carbocycles. The standard InChI is InChI=1S/C68H46N2O2/c1-43-33-35-53-59-42-64(70(48-21-7-4-8-22-48)50-24-14-18-46(40-50)52-28-16-30-58-56-26-10-12-32-66(56)72-68(52)58)62-38-44(2)34-36-54(62)60(59)41-63(61(53)37-43)69(47-19-5-3-6-20-47)49-23-13-17-45(39-49)51-27-15-29-57-55-25-9-11-31-65(55)71-67(51)57/h3-42H,1-2H3. The van der Waals surface area contributed by atoms with E-state index in [1.807, 2.05) is 12.1 Å². The largest absolute Gasteiger partial charge is 0.455 e. The van der Waals surface area contributed by atoms with E-state index >= 15 is 0 Å². The van der Waals surface area contributed by atoms with Crippen molar-refractivity contribution < 1.29 is 8.83 Å². The van der Waals surface area contributed by atoms with E-state index in [0.29, 0.717) is 0 Å². The first-order valence-corrected chi connectivity index (χ1v) is 24.6. The average molecular weight is 923 g/mol. The molecule has 2 aromatic heterocycles. The first-order chi connectivity index (χ1) is 35.5. The molecule has 72 heavy (non-hydrogen) atoms. The van der Waals surface area contributed by atoms with E-state index < -0.39 is 0 Å². The maximum atomic E-state index is 6.59. The minimum Gasteiger partial charge on any atom is -0.455 e. The quantitative estimate of drug-likeness (QED) is 0.142. The van der Waals surface area contributed by atoms with Crippen molar-refractivity contribution in [2.24, 2.45) is 0 Å². The van der Waals surface area contributed by atoms with Gasteiger partial charge in [-0.25, -0.2) is 0 Å². The minimum atomic E-state index is 0.891. The number of rotatable bonds is 8. The Labute approximate surface area is 416 Å². The highest BCUT2D eigenvalue weighted by Crippen LogP contribution is 2.49. The summed E-state index contributed by atoms with van der Waals surface area (Å²) < 4.78 is 13.2. The van der Waals surface area contributed by atoms with Crippen molar-refractivity contribution in [3.8, 4) is 22.3 Å². The molecule has 12 aromatic carbocycles. The van der Waals surface area contributed by atoms with E-state index in [4.69, 9.17) is 8.83 Å². The molecule has 0 bridgehead atoms. The second-order valence-corrected chi connectivity index (χ2v) is 19.0. The fourth-order valence-corrected chi connectivity index (χ4v) is 11.2.